The van der Waals surface area contributed by atoms with Crippen LogP contribution in [0.25, 0.3) is 22.2 Å². The van der Waals surface area contributed by atoms with Crippen molar-refractivity contribution in [1.82, 2.24) is 15.4 Å². The molecule has 29 heavy (non-hydrogen) atoms. The molecule has 4 aromatic rings. The van der Waals surface area contributed by atoms with Gasteiger partial charge in [-0.25, -0.2) is 10.4 Å². The third-order valence-corrected chi connectivity index (χ3v) is 4.41. The SMILES string of the molecule is COc1ccccc1-c1cc(C(=O)NN=Cc2cccnc2)c2ccccc2n1. The summed E-state index contributed by atoms with van der Waals surface area (Å²) in [6.45, 7) is 0. The molecule has 2 aromatic carbocycles. The van der Waals surface area contributed by atoms with Gasteiger partial charge in [0.2, 0.25) is 0 Å². The molecule has 4 rings (SSSR count). The molecule has 0 radical (unpaired) electrons. The molecule has 2 aromatic heterocycles. The van der Waals surface area contributed by atoms with E-state index in [-0.39, 0.29) is 5.91 Å². The van der Waals surface area contributed by atoms with Crippen molar-refractivity contribution >= 4 is 23.0 Å². The summed E-state index contributed by atoms with van der Waals surface area (Å²) in [4.78, 5) is 21.6. The number of carbonyl (C=O) groups is 1. The van der Waals surface area contributed by atoms with Crippen LogP contribution in [0, 0.1) is 0 Å². The lowest BCUT2D eigenvalue weighted by Gasteiger charge is -2.11. The molecule has 0 atom stereocenters. The Bertz CT molecular complexity index is 1190. The molecule has 2 heterocycles. The van der Waals surface area contributed by atoms with Gasteiger partial charge in [-0.3, -0.25) is 9.78 Å². The Hall–Kier alpha value is -4.06. The summed E-state index contributed by atoms with van der Waals surface area (Å²) in [5, 5.41) is 4.80. The molecular formula is C23H18N4O2. The van der Waals surface area contributed by atoms with E-state index in [0.717, 1.165) is 22.0 Å². The normalized spacial score (nSPS) is 10.9. The van der Waals surface area contributed by atoms with E-state index in [2.05, 4.69) is 15.5 Å². The maximum atomic E-state index is 12.9. The molecule has 0 aliphatic carbocycles. The number of pyridine rings is 2. The van der Waals surface area contributed by atoms with Gasteiger partial charge in [0.15, 0.2) is 0 Å². The zero-order valence-corrected chi connectivity index (χ0v) is 15.7. The number of hydrazone groups is 1. The molecule has 1 N–H and O–H groups in total. The van der Waals surface area contributed by atoms with Crippen LogP contribution in [-0.2, 0) is 0 Å². The Morgan fingerprint density at radius 2 is 1.90 bits per heavy atom. The van der Waals surface area contributed by atoms with Crippen molar-refractivity contribution in [3.63, 3.8) is 0 Å². The van der Waals surface area contributed by atoms with E-state index in [4.69, 9.17) is 9.72 Å². The second kappa shape index (κ2) is 8.31. The summed E-state index contributed by atoms with van der Waals surface area (Å²) in [7, 11) is 1.61. The Labute approximate surface area is 167 Å². The first-order valence-corrected chi connectivity index (χ1v) is 9.03. The van der Waals surface area contributed by atoms with Crippen LogP contribution < -0.4 is 10.2 Å². The van der Waals surface area contributed by atoms with E-state index in [0.29, 0.717) is 17.0 Å². The van der Waals surface area contributed by atoms with Crippen LogP contribution in [0.4, 0.5) is 0 Å². The zero-order chi connectivity index (χ0) is 20.1. The summed E-state index contributed by atoms with van der Waals surface area (Å²) in [6, 6.07) is 20.5. The quantitative estimate of drug-likeness (QED) is 0.417. The molecule has 0 spiro atoms. The van der Waals surface area contributed by atoms with Gasteiger partial charge in [-0.05, 0) is 30.3 Å². The highest BCUT2D eigenvalue weighted by molar-refractivity contribution is 6.07. The maximum absolute atomic E-state index is 12.9. The lowest BCUT2D eigenvalue weighted by Crippen LogP contribution is -2.18. The molecule has 6 heteroatoms. The van der Waals surface area contributed by atoms with E-state index < -0.39 is 0 Å². The lowest BCUT2D eigenvalue weighted by atomic mass is 10.0. The molecule has 0 aliphatic heterocycles. The van der Waals surface area contributed by atoms with Gasteiger partial charge in [0.05, 0.1) is 30.1 Å². The van der Waals surface area contributed by atoms with Gasteiger partial charge in [-0.1, -0.05) is 36.4 Å². The van der Waals surface area contributed by atoms with E-state index in [1.54, 1.807) is 37.9 Å². The first-order chi connectivity index (χ1) is 14.3. The number of fused-ring (bicyclic) bond motifs is 1. The highest BCUT2D eigenvalue weighted by Gasteiger charge is 2.15. The van der Waals surface area contributed by atoms with Gasteiger partial charge < -0.3 is 4.74 Å². The number of amides is 1. The van der Waals surface area contributed by atoms with Crippen LogP contribution in [0.2, 0.25) is 0 Å². The Kier molecular flexibility index (Phi) is 5.25. The first kappa shape index (κ1) is 18.3. The van der Waals surface area contributed by atoms with E-state index >= 15 is 0 Å². The number of ether oxygens (including phenoxy) is 1. The van der Waals surface area contributed by atoms with Gasteiger partial charge in [0.1, 0.15) is 5.75 Å². The van der Waals surface area contributed by atoms with Gasteiger partial charge >= 0.3 is 0 Å². The average molecular weight is 382 g/mol. The van der Waals surface area contributed by atoms with Crippen molar-refractivity contribution in [1.29, 1.82) is 0 Å². The standard InChI is InChI=1S/C23H18N4O2/c1-29-22-11-5-3-9-18(22)21-13-19(17-8-2-4-10-20(17)26-21)23(28)27-25-15-16-7-6-12-24-14-16/h2-15H,1H3,(H,27,28). The maximum Gasteiger partial charge on any atom is 0.272 e. The molecule has 0 saturated carbocycles. The average Bonchev–Trinajstić information content (AvgIpc) is 2.79. The second-order valence-corrected chi connectivity index (χ2v) is 6.26. The molecule has 0 fully saturated rings. The van der Waals surface area contributed by atoms with Crippen molar-refractivity contribution in [2.75, 3.05) is 7.11 Å². The number of nitrogens with zero attached hydrogens (tertiary/aromatic N) is 3. The number of nitrogens with one attached hydrogen (secondary N) is 1. The Morgan fingerprint density at radius 3 is 2.72 bits per heavy atom. The fourth-order valence-electron chi connectivity index (χ4n) is 3.04. The minimum atomic E-state index is -0.320. The summed E-state index contributed by atoms with van der Waals surface area (Å²) in [6.07, 6.45) is 4.89. The summed E-state index contributed by atoms with van der Waals surface area (Å²) in [5.74, 6) is 0.371. The van der Waals surface area contributed by atoms with Crippen LogP contribution in [-0.4, -0.2) is 29.2 Å². The predicted molar refractivity (Wildman–Crippen MR) is 113 cm³/mol. The van der Waals surface area contributed by atoms with Gasteiger partial charge in [0.25, 0.3) is 5.91 Å². The third-order valence-electron chi connectivity index (χ3n) is 4.41. The highest BCUT2D eigenvalue weighted by Crippen LogP contribution is 2.31. The molecule has 6 nitrogen and oxygen atoms in total. The number of hydrogen-bond acceptors (Lipinski definition) is 5. The minimum absolute atomic E-state index is 0.320. The lowest BCUT2D eigenvalue weighted by molar-refractivity contribution is 0.0956. The van der Waals surface area contributed by atoms with Gasteiger partial charge in [0, 0.05) is 28.9 Å². The number of para-hydroxylation sites is 2. The second-order valence-electron chi connectivity index (χ2n) is 6.26. The minimum Gasteiger partial charge on any atom is -0.496 e. The van der Waals surface area contributed by atoms with Crippen LogP contribution in [0.3, 0.4) is 0 Å². The molecule has 0 saturated heterocycles. The van der Waals surface area contributed by atoms with Crippen LogP contribution in [0.5, 0.6) is 5.75 Å². The molecule has 142 valence electrons. The molecule has 1 amide bonds. The van der Waals surface area contributed by atoms with Gasteiger partial charge in [-0.2, -0.15) is 5.10 Å². The Morgan fingerprint density at radius 1 is 1.07 bits per heavy atom. The van der Waals surface area contributed by atoms with E-state index in [9.17, 15) is 4.79 Å². The fraction of sp³-hybridized carbons (Fsp3) is 0.0435. The smallest absolute Gasteiger partial charge is 0.272 e. The van der Waals surface area contributed by atoms with Gasteiger partial charge in [-0.15, -0.1) is 0 Å². The topological polar surface area (TPSA) is 76.5 Å². The number of rotatable bonds is 5. The van der Waals surface area contributed by atoms with Crippen LogP contribution >= 0.6 is 0 Å². The highest BCUT2D eigenvalue weighted by atomic mass is 16.5. The van der Waals surface area contributed by atoms with Crippen molar-refractivity contribution < 1.29 is 9.53 Å². The molecule has 0 bridgehead atoms. The molecule has 0 aliphatic rings. The van der Waals surface area contributed by atoms with E-state index in [1.807, 2.05) is 54.6 Å². The van der Waals surface area contributed by atoms with Crippen molar-refractivity contribution in [3.8, 4) is 17.0 Å². The fourth-order valence-corrected chi connectivity index (χ4v) is 3.04. The number of carbonyl (C=O) groups excluding carboxylic acids is 1. The summed E-state index contributed by atoms with van der Waals surface area (Å²) in [5.41, 5.74) is 6.06. The summed E-state index contributed by atoms with van der Waals surface area (Å²) >= 11 is 0. The number of methoxy groups -OCH3 is 1. The number of hydrogen-bond donors (Lipinski definition) is 1. The van der Waals surface area contributed by atoms with Crippen LogP contribution in [0.1, 0.15) is 15.9 Å². The van der Waals surface area contributed by atoms with Crippen molar-refractivity contribution in [2.45, 2.75) is 0 Å². The van der Waals surface area contributed by atoms with Crippen LogP contribution in [0.15, 0.2) is 84.2 Å². The van der Waals surface area contributed by atoms with Crippen molar-refractivity contribution in [2.24, 2.45) is 5.10 Å². The Balaban J connectivity index is 1.73. The summed E-state index contributed by atoms with van der Waals surface area (Å²) < 4.78 is 5.46. The molecular weight excluding hydrogens is 364 g/mol. The number of aromatic nitrogens is 2. The first-order valence-electron chi connectivity index (χ1n) is 9.03. The largest absolute Gasteiger partial charge is 0.496 e. The molecule has 0 unspecified atom stereocenters. The monoisotopic (exact) mass is 382 g/mol. The van der Waals surface area contributed by atoms with E-state index in [1.165, 1.54) is 0 Å². The third kappa shape index (κ3) is 3.96. The predicted octanol–water partition coefficient (Wildman–Crippen LogP) is 4.07. The zero-order valence-electron chi connectivity index (χ0n) is 15.7. The van der Waals surface area contributed by atoms with Crippen molar-refractivity contribution in [3.05, 3.63) is 90.3 Å². The number of benzene rings is 2.